The van der Waals surface area contributed by atoms with E-state index in [-0.39, 0.29) is 5.78 Å². The number of nitrogens with one attached hydrogen (secondary N) is 1. The van der Waals surface area contributed by atoms with Crippen molar-refractivity contribution in [2.45, 2.75) is 13.3 Å². The van der Waals surface area contributed by atoms with Gasteiger partial charge in [0.25, 0.3) is 0 Å². The van der Waals surface area contributed by atoms with Crippen LogP contribution >= 0.6 is 0 Å². The molecule has 3 rings (SSSR count). The van der Waals surface area contributed by atoms with Crippen molar-refractivity contribution in [2.75, 3.05) is 11.1 Å². The van der Waals surface area contributed by atoms with Gasteiger partial charge in [0.1, 0.15) is 5.82 Å². The topological polar surface area (TPSA) is 68.0 Å². The van der Waals surface area contributed by atoms with Crippen molar-refractivity contribution in [3.05, 3.63) is 83.6 Å². The van der Waals surface area contributed by atoms with E-state index in [4.69, 9.17) is 5.73 Å². The van der Waals surface area contributed by atoms with E-state index >= 15 is 0 Å². The van der Waals surface area contributed by atoms with E-state index in [0.717, 1.165) is 12.0 Å². The van der Waals surface area contributed by atoms with Crippen LogP contribution < -0.4 is 11.1 Å². The van der Waals surface area contributed by atoms with Crippen molar-refractivity contribution >= 4 is 23.0 Å². The van der Waals surface area contributed by atoms with E-state index in [2.05, 4.69) is 17.2 Å². The number of aromatic nitrogens is 1. The van der Waals surface area contributed by atoms with Crippen LogP contribution in [0.15, 0.2) is 66.9 Å². The summed E-state index contributed by atoms with van der Waals surface area (Å²) >= 11 is 0. The lowest BCUT2D eigenvalue weighted by Crippen LogP contribution is -2.07. The van der Waals surface area contributed by atoms with E-state index < -0.39 is 0 Å². The number of hydrogen-bond donors (Lipinski definition) is 2. The number of rotatable bonds is 5. The molecular weight excluding hydrogens is 298 g/mol. The lowest BCUT2D eigenvalue weighted by atomic mass is 10.0. The smallest absolute Gasteiger partial charge is 0.195 e. The predicted octanol–water partition coefficient (Wildman–Crippen LogP) is 4.20. The largest absolute Gasteiger partial charge is 0.382 e. The number of nitrogen functional groups attached to an aromatic ring is 1. The Morgan fingerprint density at radius 2 is 1.75 bits per heavy atom. The van der Waals surface area contributed by atoms with Gasteiger partial charge in [0.15, 0.2) is 5.78 Å². The van der Waals surface area contributed by atoms with Gasteiger partial charge in [-0.05, 0) is 30.2 Å². The molecule has 4 nitrogen and oxygen atoms in total. The summed E-state index contributed by atoms with van der Waals surface area (Å²) in [4.78, 5) is 17.0. The highest BCUT2D eigenvalue weighted by molar-refractivity contribution is 6.12. The lowest BCUT2D eigenvalue weighted by molar-refractivity contribution is 0.103. The van der Waals surface area contributed by atoms with Gasteiger partial charge in [-0.3, -0.25) is 4.79 Å². The fourth-order valence-electron chi connectivity index (χ4n) is 2.49. The number of ketones is 1. The highest BCUT2D eigenvalue weighted by atomic mass is 16.1. The summed E-state index contributed by atoms with van der Waals surface area (Å²) in [6, 6.07) is 18.6. The van der Waals surface area contributed by atoms with Crippen LogP contribution in [-0.4, -0.2) is 10.8 Å². The normalized spacial score (nSPS) is 10.4. The molecule has 1 heterocycles. The summed E-state index contributed by atoms with van der Waals surface area (Å²) < 4.78 is 0. The summed E-state index contributed by atoms with van der Waals surface area (Å²) in [5.41, 5.74) is 9.73. The molecule has 0 saturated heterocycles. The van der Waals surface area contributed by atoms with Crippen molar-refractivity contribution in [3.63, 3.8) is 0 Å². The Labute approximate surface area is 141 Å². The van der Waals surface area contributed by atoms with E-state index in [0.29, 0.717) is 28.3 Å². The zero-order chi connectivity index (χ0) is 16.9. The number of nitrogens with zero attached hydrogens (tertiary/aromatic N) is 1. The van der Waals surface area contributed by atoms with Gasteiger partial charge in [-0.15, -0.1) is 0 Å². The summed E-state index contributed by atoms with van der Waals surface area (Å²) in [6.07, 6.45) is 2.63. The Balaban J connectivity index is 1.97. The van der Waals surface area contributed by atoms with Crippen LogP contribution in [0.3, 0.4) is 0 Å². The van der Waals surface area contributed by atoms with Crippen LogP contribution in [0.25, 0.3) is 0 Å². The van der Waals surface area contributed by atoms with Crippen molar-refractivity contribution in [2.24, 2.45) is 0 Å². The van der Waals surface area contributed by atoms with Crippen LogP contribution in [-0.2, 0) is 6.42 Å². The van der Waals surface area contributed by atoms with Gasteiger partial charge in [-0.1, -0.05) is 49.4 Å². The molecule has 0 unspecified atom stereocenters. The summed E-state index contributed by atoms with van der Waals surface area (Å²) in [7, 11) is 0. The lowest BCUT2D eigenvalue weighted by Gasteiger charge is -2.13. The number of benzene rings is 2. The number of pyridine rings is 1. The molecule has 4 heteroatoms. The fraction of sp³-hybridized carbons (Fsp3) is 0.100. The van der Waals surface area contributed by atoms with Crippen LogP contribution in [0, 0.1) is 0 Å². The maximum atomic E-state index is 12.8. The number of para-hydroxylation sites is 1. The Bertz CT molecular complexity index is 860. The maximum Gasteiger partial charge on any atom is 0.195 e. The fourth-order valence-corrected chi connectivity index (χ4v) is 2.49. The van der Waals surface area contributed by atoms with Crippen molar-refractivity contribution < 1.29 is 4.79 Å². The Morgan fingerprint density at radius 1 is 1.04 bits per heavy atom. The Morgan fingerprint density at radius 3 is 2.50 bits per heavy atom. The molecule has 0 fully saturated rings. The molecule has 0 spiro atoms. The van der Waals surface area contributed by atoms with Crippen molar-refractivity contribution in [1.82, 2.24) is 4.98 Å². The highest BCUT2D eigenvalue weighted by Gasteiger charge is 2.14. The minimum atomic E-state index is -0.0307. The molecule has 0 amide bonds. The molecule has 120 valence electrons. The van der Waals surface area contributed by atoms with Gasteiger partial charge in [0, 0.05) is 23.0 Å². The zero-order valence-corrected chi connectivity index (χ0v) is 13.5. The number of nitrogens with two attached hydrogens (primary N) is 1. The van der Waals surface area contributed by atoms with E-state index in [1.807, 2.05) is 60.7 Å². The minimum absolute atomic E-state index is 0.0307. The molecule has 0 radical (unpaired) electrons. The first kappa shape index (κ1) is 15.7. The van der Waals surface area contributed by atoms with E-state index in [9.17, 15) is 4.79 Å². The third-order valence-electron chi connectivity index (χ3n) is 3.86. The van der Waals surface area contributed by atoms with E-state index in [1.54, 1.807) is 6.20 Å². The first-order valence-corrected chi connectivity index (χ1v) is 7.89. The quantitative estimate of drug-likeness (QED) is 0.692. The maximum absolute atomic E-state index is 12.8. The monoisotopic (exact) mass is 317 g/mol. The van der Waals surface area contributed by atoms with Gasteiger partial charge in [-0.2, -0.15) is 0 Å². The van der Waals surface area contributed by atoms with Gasteiger partial charge < -0.3 is 11.1 Å². The predicted molar refractivity (Wildman–Crippen MR) is 97.6 cm³/mol. The first-order chi connectivity index (χ1) is 11.7. The SMILES string of the molecule is CCc1cnc(N)c(Nc2ccccc2C(=O)c2ccccc2)c1. The molecular formula is C20H19N3O. The Kier molecular flexibility index (Phi) is 4.57. The van der Waals surface area contributed by atoms with Crippen LogP contribution in [0.5, 0.6) is 0 Å². The first-order valence-electron chi connectivity index (χ1n) is 7.89. The number of hydrogen-bond acceptors (Lipinski definition) is 4. The molecule has 2 aromatic carbocycles. The average molecular weight is 317 g/mol. The summed E-state index contributed by atoms with van der Waals surface area (Å²) in [5, 5.41) is 3.26. The summed E-state index contributed by atoms with van der Waals surface area (Å²) in [6.45, 7) is 2.06. The van der Waals surface area contributed by atoms with Crippen LogP contribution in [0.2, 0.25) is 0 Å². The van der Waals surface area contributed by atoms with Gasteiger partial charge in [-0.25, -0.2) is 4.98 Å². The number of carbonyl (C=O) groups is 1. The standard InChI is InChI=1S/C20H19N3O/c1-2-14-12-18(20(21)22-13-14)23-17-11-7-6-10-16(17)19(24)15-8-4-3-5-9-15/h3-13,23H,2H2,1H3,(H2,21,22). The highest BCUT2D eigenvalue weighted by Crippen LogP contribution is 2.26. The number of aryl methyl sites for hydroxylation is 1. The Hall–Kier alpha value is -3.14. The minimum Gasteiger partial charge on any atom is -0.382 e. The molecule has 1 aromatic heterocycles. The number of carbonyl (C=O) groups excluding carboxylic acids is 1. The number of anilines is 3. The second kappa shape index (κ2) is 6.96. The third-order valence-corrected chi connectivity index (χ3v) is 3.86. The zero-order valence-electron chi connectivity index (χ0n) is 13.5. The molecule has 0 aliphatic heterocycles. The molecule has 0 atom stereocenters. The molecule has 3 aromatic rings. The molecule has 0 saturated carbocycles. The molecule has 3 N–H and O–H groups in total. The van der Waals surface area contributed by atoms with Gasteiger partial charge >= 0.3 is 0 Å². The molecule has 0 aliphatic carbocycles. The van der Waals surface area contributed by atoms with Gasteiger partial charge in [0.05, 0.1) is 5.69 Å². The second-order valence-corrected chi connectivity index (χ2v) is 5.50. The van der Waals surface area contributed by atoms with Gasteiger partial charge in [0.2, 0.25) is 0 Å². The second-order valence-electron chi connectivity index (χ2n) is 5.50. The summed E-state index contributed by atoms with van der Waals surface area (Å²) in [5.74, 6) is 0.381. The molecule has 24 heavy (non-hydrogen) atoms. The van der Waals surface area contributed by atoms with Crippen molar-refractivity contribution in [3.8, 4) is 0 Å². The van der Waals surface area contributed by atoms with Crippen LogP contribution in [0.1, 0.15) is 28.4 Å². The third kappa shape index (κ3) is 3.27. The average Bonchev–Trinajstić information content (AvgIpc) is 2.64. The van der Waals surface area contributed by atoms with Crippen molar-refractivity contribution in [1.29, 1.82) is 0 Å². The molecule has 0 aliphatic rings. The van der Waals surface area contributed by atoms with E-state index in [1.165, 1.54) is 0 Å². The van der Waals surface area contributed by atoms with Crippen LogP contribution in [0.4, 0.5) is 17.2 Å². The molecule has 0 bridgehead atoms.